The number of thiophene rings is 1. The first-order valence-electron chi connectivity index (χ1n) is 6.55. The highest BCUT2D eigenvalue weighted by molar-refractivity contribution is 7.12. The Morgan fingerprint density at radius 1 is 1.35 bits per heavy atom. The van der Waals surface area contributed by atoms with Gasteiger partial charge in [-0.2, -0.15) is 18.4 Å². The molecule has 2 aromatic rings. The number of halogens is 3. The van der Waals surface area contributed by atoms with E-state index < -0.39 is 17.6 Å². The van der Waals surface area contributed by atoms with Gasteiger partial charge in [-0.05, 0) is 29.6 Å². The largest absolute Gasteiger partial charge is 0.490 e. The molecule has 1 aromatic carbocycles. The van der Waals surface area contributed by atoms with Gasteiger partial charge < -0.3 is 9.64 Å². The minimum atomic E-state index is -4.51. The summed E-state index contributed by atoms with van der Waals surface area (Å²) in [5, 5.41) is 10.6. The monoisotopic (exact) mass is 338 g/mol. The first kappa shape index (κ1) is 15.4. The van der Waals surface area contributed by atoms with Gasteiger partial charge in [0, 0.05) is 0 Å². The standard InChI is InChI=1S/C15H9F3N2O2S/c16-15(17,18)10-1-2-12-11(7-10)20(4-5-22-12)14(21)13-9(8-19)3-6-23-13/h1-3,6-7H,4-5H2. The first-order valence-corrected chi connectivity index (χ1v) is 7.43. The number of fused-ring (bicyclic) bond motifs is 1. The van der Waals surface area contributed by atoms with Crippen LogP contribution in [0.3, 0.4) is 0 Å². The summed E-state index contributed by atoms with van der Waals surface area (Å²) in [4.78, 5) is 14.0. The number of ether oxygens (including phenoxy) is 1. The summed E-state index contributed by atoms with van der Waals surface area (Å²) in [6, 6.07) is 6.43. The van der Waals surface area contributed by atoms with Crippen molar-refractivity contribution in [2.45, 2.75) is 6.18 Å². The average molecular weight is 338 g/mol. The van der Waals surface area contributed by atoms with E-state index in [0.29, 0.717) is 0 Å². The number of carbonyl (C=O) groups excluding carboxylic acids is 1. The molecule has 8 heteroatoms. The zero-order valence-electron chi connectivity index (χ0n) is 11.6. The maximum atomic E-state index is 12.9. The molecule has 0 spiro atoms. The Kier molecular flexibility index (Phi) is 3.74. The first-order chi connectivity index (χ1) is 10.9. The molecule has 2 heterocycles. The Morgan fingerprint density at radius 3 is 2.83 bits per heavy atom. The van der Waals surface area contributed by atoms with Crippen LogP contribution in [-0.4, -0.2) is 19.1 Å². The molecule has 0 aliphatic carbocycles. The molecular weight excluding hydrogens is 329 g/mol. The second-order valence-corrected chi connectivity index (χ2v) is 5.68. The molecule has 0 unspecified atom stereocenters. The molecule has 0 saturated carbocycles. The fraction of sp³-hybridized carbons (Fsp3) is 0.200. The number of hydrogen-bond acceptors (Lipinski definition) is 4. The molecular formula is C15H9F3N2O2S. The molecule has 23 heavy (non-hydrogen) atoms. The third kappa shape index (κ3) is 2.75. The Balaban J connectivity index is 2.04. The summed E-state index contributed by atoms with van der Waals surface area (Å²) >= 11 is 1.08. The van der Waals surface area contributed by atoms with Crippen LogP contribution in [0.25, 0.3) is 0 Å². The number of anilines is 1. The number of nitrogens with zero attached hydrogens (tertiary/aromatic N) is 2. The summed E-state index contributed by atoms with van der Waals surface area (Å²) < 4.78 is 44.0. The molecule has 0 atom stereocenters. The van der Waals surface area contributed by atoms with Crippen LogP contribution in [0, 0.1) is 11.3 Å². The van der Waals surface area contributed by atoms with Gasteiger partial charge in [0.05, 0.1) is 23.4 Å². The fourth-order valence-electron chi connectivity index (χ4n) is 2.29. The van der Waals surface area contributed by atoms with Crippen LogP contribution in [0.1, 0.15) is 20.8 Å². The quantitative estimate of drug-likeness (QED) is 0.797. The van der Waals surface area contributed by atoms with Crippen molar-refractivity contribution in [3.8, 4) is 11.8 Å². The average Bonchev–Trinajstić information content (AvgIpc) is 3.00. The lowest BCUT2D eigenvalue weighted by Crippen LogP contribution is -2.38. The topological polar surface area (TPSA) is 53.3 Å². The smallest absolute Gasteiger partial charge is 0.416 e. The number of carbonyl (C=O) groups is 1. The zero-order chi connectivity index (χ0) is 16.6. The van der Waals surface area contributed by atoms with Gasteiger partial charge in [-0.25, -0.2) is 0 Å². The van der Waals surface area contributed by atoms with Gasteiger partial charge >= 0.3 is 6.18 Å². The van der Waals surface area contributed by atoms with Crippen molar-refractivity contribution in [1.82, 2.24) is 0 Å². The lowest BCUT2D eigenvalue weighted by molar-refractivity contribution is -0.137. The number of alkyl halides is 3. The van der Waals surface area contributed by atoms with Crippen LogP contribution < -0.4 is 9.64 Å². The third-order valence-corrected chi connectivity index (χ3v) is 4.28. The molecule has 0 bridgehead atoms. The van der Waals surface area contributed by atoms with Gasteiger partial charge in [0.25, 0.3) is 5.91 Å². The summed E-state index contributed by atoms with van der Waals surface area (Å²) in [5.41, 5.74) is -0.584. The second kappa shape index (κ2) is 5.59. The number of rotatable bonds is 1. The predicted molar refractivity (Wildman–Crippen MR) is 77.6 cm³/mol. The Hall–Kier alpha value is -2.53. The molecule has 4 nitrogen and oxygen atoms in total. The molecule has 1 aromatic heterocycles. The van der Waals surface area contributed by atoms with E-state index in [-0.39, 0.29) is 35.0 Å². The van der Waals surface area contributed by atoms with E-state index in [1.807, 2.05) is 6.07 Å². The van der Waals surface area contributed by atoms with E-state index in [4.69, 9.17) is 10.00 Å². The Labute approximate surface area is 133 Å². The highest BCUT2D eigenvalue weighted by Gasteiger charge is 2.34. The van der Waals surface area contributed by atoms with Crippen molar-refractivity contribution >= 4 is 22.9 Å². The fourth-order valence-corrected chi connectivity index (χ4v) is 3.08. The van der Waals surface area contributed by atoms with Gasteiger partial charge in [-0.15, -0.1) is 11.3 Å². The lowest BCUT2D eigenvalue weighted by Gasteiger charge is -2.30. The lowest BCUT2D eigenvalue weighted by atomic mass is 10.1. The number of benzene rings is 1. The van der Waals surface area contributed by atoms with Crippen molar-refractivity contribution in [1.29, 1.82) is 5.26 Å². The number of nitriles is 1. The molecule has 118 valence electrons. The second-order valence-electron chi connectivity index (χ2n) is 4.76. The molecule has 1 aliphatic rings. The molecule has 0 N–H and O–H groups in total. The third-order valence-electron chi connectivity index (χ3n) is 3.37. The molecule has 1 aliphatic heterocycles. The maximum Gasteiger partial charge on any atom is 0.416 e. The summed E-state index contributed by atoms with van der Waals surface area (Å²) in [6.45, 7) is 0.299. The summed E-state index contributed by atoms with van der Waals surface area (Å²) in [5.74, 6) is -0.284. The van der Waals surface area contributed by atoms with Crippen molar-refractivity contribution in [2.24, 2.45) is 0 Å². The molecule has 3 rings (SSSR count). The van der Waals surface area contributed by atoms with Crippen molar-refractivity contribution in [3.05, 3.63) is 45.6 Å². The van der Waals surface area contributed by atoms with Crippen LogP contribution in [0.15, 0.2) is 29.6 Å². The normalized spacial score (nSPS) is 13.9. The van der Waals surface area contributed by atoms with Crippen LogP contribution >= 0.6 is 11.3 Å². The highest BCUT2D eigenvalue weighted by Crippen LogP contribution is 2.39. The van der Waals surface area contributed by atoms with Gasteiger partial charge in [-0.1, -0.05) is 0 Å². The molecule has 0 fully saturated rings. The van der Waals surface area contributed by atoms with Crippen LogP contribution in [-0.2, 0) is 6.18 Å². The van der Waals surface area contributed by atoms with Gasteiger partial charge in [0.15, 0.2) is 0 Å². The van der Waals surface area contributed by atoms with Crippen LogP contribution in [0.4, 0.5) is 18.9 Å². The van der Waals surface area contributed by atoms with E-state index in [0.717, 1.165) is 23.5 Å². The predicted octanol–water partition coefficient (Wildman–Crippen LogP) is 3.68. The minimum Gasteiger partial charge on any atom is -0.490 e. The highest BCUT2D eigenvalue weighted by atomic mass is 32.1. The zero-order valence-corrected chi connectivity index (χ0v) is 12.4. The Bertz CT molecular complexity index is 808. The van der Waals surface area contributed by atoms with E-state index in [9.17, 15) is 18.0 Å². The van der Waals surface area contributed by atoms with Gasteiger partial charge in [0.1, 0.15) is 23.3 Å². The molecule has 0 radical (unpaired) electrons. The summed E-state index contributed by atoms with van der Waals surface area (Å²) in [6.07, 6.45) is -4.51. The van der Waals surface area contributed by atoms with E-state index in [1.165, 1.54) is 17.0 Å². The molecule has 0 saturated heterocycles. The van der Waals surface area contributed by atoms with Crippen molar-refractivity contribution in [3.63, 3.8) is 0 Å². The van der Waals surface area contributed by atoms with Crippen molar-refractivity contribution in [2.75, 3.05) is 18.1 Å². The molecule has 1 amide bonds. The van der Waals surface area contributed by atoms with Crippen LogP contribution in [0.5, 0.6) is 5.75 Å². The van der Waals surface area contributed by atoms with E-state index in [2.05, 4.69) is 0 Å². The van der Waals surface area contributed by atoms with Gasteiger partial charge in [-0.3, -0.25) is 4.79 Å². The van der Waals surface area contributed by atoms with E-state index >= 15 is 0 Å². The maximum absolute atomic E-state index is 12.9. The minimum absolute atomic E-state index is 0.0633. The SMILES string of the molecule is N#Cc1ccsc1C(=O)N1CCOc2ccc(C(F)(F)F)cc21. The van der Waals surface area contributed by atoms with Crippen LogP contribution in [0.2, 0.25) is 0 Å². The van der Waals surface area contributed by atoms with E-state index in [1.54, 1.807) is 5.38 Å². The Morgan fingerprint density at radius 2 is 2.13 bits per heavy atom. The number of hydrogen-bond donors (Lipinski definition) is 0. The number of amides is 1. The van der Waals surface area contributed by atoms with Crippen molar-refractivity contribution < 1.29 is 22.7 Å². The van der Waals surface area contributed by atoms with Gasteiger partial charge in [0.2, 0.25) is 0 Å². The summed E-state index contributed by atoms with van der Waals surface area (Å²) in [7, 11) is 0.